The number of rotatable bonds is 3. The molecule has 0 spiro atoms. The van der Waals surface area contributed by atoms with Gasteiger partial charge in [-0.15, -0.1) is 0 Å². The van der Waals surface area contributed by atoms with Gasteiger partial charge in [-0.3, -0.25) is 14.8 Å². The third-order valence-corrected chi connectivity index (χ3v) is 5.86. The molecule has 31 heavy (non-hydrogen) atoms. The molecule has 0 radical (unpaired) electrons. The van der Waals surface area contributed by atoms with Crippen LogP contribution >= 0.6 is 13.5 Å². The van der Waals surface area contributed by atoms with Crippen molar-refractivity contribution < 1.29 is 24.3 Å². The van der Waals surface area contributed by atoms with E-state index in [2.05, 4.69) is 0 Å². The number of amides is 2. The van der Waals surface area contributed by atoms with Crippen molar-refractivity contribution in [3.8, 4) is 5.75 Å². The molecule has 0 unspecified atom stereocenters. The van der Waals surface area contributed by atoms with E-state index in [4.69, 9.17) is 14.7 Å². The number of aryl methyl sites for hydroxylation is 1. The molecule has 1 atom stereocenters. The van der Waals surface area contributed by atoms with Crippen LogP contribution in [0.3, 0.4) is 0 Å². The molecule has 0 aromatic heterocycles. The maximum absolute atomic E-state index is 13.5. The van der Waals surface area contributed by atoms with Gasteiger partial charge in [-0.25, -0.2) is 5.48 Å². The first-order valence-electron chi connectivity index (χ1n) is 10.2. The van der Waals surface area contributed by atoms with E-state index in [0.29, 0.717) is 31.1 Å². The Balaban J connectivity index is 0.00000272. The SMILES string of the molecule is Cc1ccc([C@H]2COc3cc(C(=O)NO)ccc3CN2C(=O)C2CCOCC2)cc1.S. The molecule has 166 valence electrons. The zero-order chi connectivity index (χ0) is 21.1. The van der Waals surface area contributed by atoms with E-state index in [1.165, 1.54) is 0 Å². The summed E-state index contributed by atoms with van der Waals surface area (Å²) in [6.07, 6.45) is 1.44. The molecule has 1 fully saturated rings. The van der Waals surface area contributed by atoms with Crippen LogP contribution in [0.2, 0.25) is 0 Å². The summed E-state index contributed by atoms with van der Waals surface area (Å²) in [4.78, 5) is 27.2. The van der Waals surface area contributed by atoms with E-state index in [0.717, 1.165) is 29.5 Å². The molecule has 8 heteroatoms. The summed E-state index contributed by atoms with van der Waals surface area (Å²) >= 11 is 0. The minimum atomic E-state index is -0.601. The van der Waals surface area contributed by atoms with Gasteiger partial charge in [0.2, 0.25) is 5.91 Å². The highest BCUT2D eigenvalue weighted by atomic mass is 32.1. The number of hydrogen-bond acceptors (Lipinski definition) is 5. The van der Waals surface area contributed by atoms with Crippen molar-refractivity contribution >= 4 is 25.3 Å². The Morgan fingerprint density at radius 1 is 1.10 bits per heavy atom. The minimum Gasteiger partial charge on any atom is -0.491 e. The molecule has 1 saturated heterocycles. The number of carbonyl (C=O) groups excluding carboxylic acids is 2. The number of hydroxylamine groups is 1. The van der Waals surface area contributed by atoms with E-state index in [1.54, 1.807) is 23.7 Å². The van der Waals surface area contributed by atoms with E-state index >= 15 is 0 Å². The first kappa shape index (κ1) is 23.1. The van der Waals surface area contributed by atoms with Crippen LogP contribution in [-0.2, 0) is 16.1 Å². The van der Waals surface area contributed by atoms with Crippen molar-refractivity contribution in [1.82, 2.24) is 10.4 Å². The van der Waals surface area contributed by atoms with Gasteiger partial charge >= 0.3 is 0 Å². The molecular weight excluding hydrogens is 416 g/mol. The molecule has 2 aliphatic heterocycles. The molecule has 0 aliphatic carbocycles. The molecule has 2 aromatic rings. The third kappa shape index (κ3) is 5.03. The van der Waals surface area contributed by atoms with Gasteiger partial charge in [0.1, 0.15) is 12.4 Å². The van der Waals surface area contributed by atoms with E-state index in [1.807, 2.05) is 36.1 Å². The summed E-state index contributed by atoms with van der Waals surface area (Å²) in [5.74, 6) is -0.00319. The highest BCUT2D eigenvalue weighted by Gasteiger charge is 2.34. The lowest BCUT2D eigenvalue weighted by atomic mass is 9.95. The van der Waals surface area contributed by atoms with Gasteiger partial charge in [0.25, 0.3) is 5.91 Å². The Morgan fingerprint density at radius 3 is 2.48 bits per heavy atom. The van der Waals surface area contributed by atoms with E-state index < -0.39 is 5.91 Å². The number of benzene rings is 2. The van der Waals surface area contributed by atoms with Crippen LogP contribution in [0.5, 0.6) is 5.75 Å². The lowest BCUT2D eigenvalue weighted by molar-refractivity contribution is -0.142. The highest BCUT2D eigenvalue weighted by molar-refractivity contribution is 7.59. The Bertz CT molecular complexity index is 928. The maximum atomic E-state index is 13.5. The molecule has 0 bridgehead atoms. The van der Waals surface area contributed by atoms with Crippen LogP contribution in [-0.4, -0.2) is 41.7 Å². The summed E-state index contributed by atoms with van der Waals surface area (Å²) in [6, 6.07) is 12.9. The van der Waals surface area contributed by atoms with Crippen molar-refractivity contribution in [1.29, 1.82) is 0 Å². The lowest BCUT2D eigenvalue weighted by Crippen LogP contribution is -2.41. The Morgan fingerprint density at radius 2 is 1.81 bits per heavy atom. The largest absolute Gasteiger partial charge is 0.491 e. The van der Waals surface area contributed by atoms with Crippen LogP contribution in [0.25, 0.3) is 0 Å². The predicted molar refractivity (Wildman–Crippen MR) is 120 cm³/mol. The Kier molecular flexibility index (Phi) is 7.59. The summed E-state index contributed by atoms with van der Waals surface area (Å²) in [6.45, 7) is 3.92. The lowest BCUT2D eigenvalue weighted by Gasteiger charge is -2.34. The van der Waals surface area contributed by atoms with Gasteiger partial charge < -0.3 is 14.4 Å². The zero-order valence-corrected chi connectivity index (χ0v) is 18.5. The Hall–Kier alpha value is -2.55. The summed E-state index contributed by atoms with van der Waals surface area (Å²) < 4.78 is 11.5. The van der Waals surface area contributed by atoms with Gasteiger partial charge in [0, 0.05) is 30.3 Å². The quantitative estimate of drug-likeness (QED) is 0.561. The van der Waals surface area contributed by atoms with Crippen LogP contribution in [0, 0.1) is 12.8 Å². The first-order chi connectivity index (χ1) is 14.6. The minimum absolute atomic E-state index is 0. The molecule has 7 nitrogen and oxygen atoms in total. The number of ether oxygens (including phenoxy) is 2. The predicted octanol–water partition coefficient (Wildman–Crippen LogP) is 3.12. The fourth-order valence-electron chi connectivity index (χ4n) is 4.05. The topological polar surface area (TPSA) is 88.1 Å². The Labute approximate surface area is 188 Å². The summed E-state index contributed by atoms with van der Waals surface area (Å²) in [5.41, 5.74) is 4.94. The molecule has 0 saturated carbocycles. The van der Waals surface area contributed by atoms with Gasteiger partial charge in [-0.05, 0) is 37.5 Å². The number of carbonyl (C=O) groups is 2. The van der Waals surface area contributed by atoms with Crippen molar-refractivity contribution in [2.24, 2.45) is 5.92 Å². The number of nitrogens with one attached hydrogen (secondary N) is 1. The molecule has 2 amide bonds. The average molecular weight is 445 g/mol. The summed E-state index contributed by atoms with van der Waals surface area (Å²) in [5, 5.41) is 8.92. The number of nitrogens with zero attached hydrogens (tertiary/aromatic N) is 1. The second kappa shape index (κ2) is 10.2. The molecule has 2 aromatic carbocycles. The second-order valence-electron chi connectivity index (χ2n) is 7.85. The van der Waals surface area contributed by atoms with Gasteiger partial charge in [-0.1, -0.05) is 35.9 Å². The molecule has 2 aliphatic rings. The van der Waals surface area contributed by atoms with Crippen molar-refractivity contribution in [3.63, 3.8) is 0 Å². The van der Waals surface area contributed by atoms with Gasteiger partial charge in [0.15, 0.2) is 0 Å². The normalized spacial score (nSPS) is 18.8. The molecule has 2 N–H and O–H groups in total. The molecule has 4 rings (SSSR count). The number of fused-ring (bicyclic) bond motifs is 1. The monoisotopic (exact) mass is 444 g/mol. The average Bonchev–Trinajstić information content (AvgIpc) is 2.98. The number of hydrogen-bond donors (Lipinski definition) is 2. The van der Waals surface area contributed by atoms with Gasteiger partial charge in [-0.2, -0.15) is 13.5 Å². The second-order valence-corrected chi connectivity index (χ2v) is 7.85. The fraction of sp³-hybridized carbons (Fsp3) is 0.391. The van der Waals surface area contributed by atoms with E-state index in [9.17, 15) is 9.59 Å². The van der Waals surface area contributed by atoms with Gasteiger partial charge in [0.05, 0.1) is 12.6 Å². The van der Waals surface area contributed by atoms with Crippen molar-refractivity contribution in [3.05, 3.63) is 64.7 Å². The van der Waals surface area contributed by atoms with Crippen LogP contribution in [0.1, 0.15) is 45.9 Å². The first-order valence-corrected chi connectivity index (χ1v) is 10.2. The molecular formula is C23H28N2O5S. The van der Waals surface area contributed by atoms with Crippen molar-refractivity contribution in [2.45, 2.75) is 32.4 Å². The highest BCUT2D eigenvalue weighted by Crippen LogP contribution is 2.34. The van der Waals surface area contributed by atoms with Crippen molar-refractivity contribution in [2.75, 3.05) is 19.8 Å². The van der Waals surface area contributed by atoms with Crippen LogP contribution in [0.4, 0.5) is 0 Å². The van der Waals surface area contributed by atoms with Crippen LogP contribution in [0.15, 0.2) is 42.5 Å². The molecule has 2 heterocycles. The smallest absolute Gasteiger partial charge is 0.274 e. The third-order valence-electron chi connectivity index (χ3n) is 5.86. The fourth-order valence-corrected chi connectivity index (χ4v) is 4.05. The maximum Gasteiger partial charge on any atom is 0.274 e. The standard InChI is InChI=1S/C23H26N2O5.H2S/c1-15-2-4-16(5-3-15)20-14-30-21-12-18(22(26)24-28)6-7-19(21)13-25(20)23(27)17-8-10-29-11-9-17;/h2-7,12,17,20,28H,8-11,13-14H2,1H3,(H,24,26);1H2/t20-;/m1./s1. The van der Waals surface area contributed by atoms with E-state index in [-0.39, 0.29) is 38.0 Å². The van der Waals surface area contributed by atoms with Crippen LogP contribution < -0.4 is 10.2 Å². The summed E-state index contributed by atoms with van der Waals surface area (Å²) in [7, 11) is 0. The zero-order valence-electron chi connectivity index (χ0n) is 17.5.